The fourth-order valence-corrected chi connectivity index (χ4v) is 4.89. The molecule has 0 bridgehead atoms. The first-order valence-electron chi connectivity index (χ1n) is 12.1. The van der Waals surface area contributed by atoms with Crippen LogP contribution in [0.5, 0.6) is 5.75 Å². The van der Waals surface area contributed by atoms with Gasteiger partial charge in [0.05, 0.1) is 11.1 Å². The second-order valence-corrected chi connectivity index (χ2v) is 10.1. The van der Waals surface area contributed by atoms with E-state index in [-0.39, 0.29) is 24.1 Å². The molecule has 1 aliphatic heterocycles. The van der Waals surface area contributed by atoms with Crippen LogP contribution in [0.25, 0.3) is 0 Å². The number of piperidine rings is 1. The Labute approximate surface area is 229 Å². The molecule has 0 radical (unpaired) electrons. The molecule has 2 fully saturated rings. The van der Waals surface area contributed by atoms with E-state index in [1.165, 1.54) is 56.8 Å². The molecular weight excluding hydrogens is 522 g/mol. The molecule has 2 aromatic rings. The second kappa shape index (κ2) is 15.3. The summed E-state index contributed by atoms with van der Waals surface area (Å²) in [7, 11) is 0. The molecule has 1 saturated carbocycles. The molecule has 4 rings (SSSR count). The molecule has 9 heteroatoms. The molecular formula is C27H32Cl3FN4O. The largest absolute Gasteiger partial charge is 0.489 e. The van der Waals surface area contributed by atoms with E-state index in [4.69, 9.17) is 38.9 Å². The minimum absolute atomic E-state index is 0. The molecule has 194 valence electrons. The van der Waals surface area contributed by atoms with E-state index in [1.54, 1.807) is 24.3 Å². The van der Waals surface area contributed by atoms with Gasteiger partial charge in [0.25, 0.3) is 0 Å². The summed E-state index contributed by atoms with van der Waals surface area (Å²) in [6.45, 7) is 3.34. The number of nitriles is 2. The van der Waals surface area contributed by atoms with Gasteiger partial charge in [-0.1, -0.05) is 23.2 Å². The number of benzene rings is 2. The van der Waals surface area contributed by atoms with Gasteiger partial charge in [0.2, 0.25) is 0 Å². The predicted octanol–water partition coefficient (Wildman–Crippen LogP) is 6.74. The maximum Gasteiger partial charge on any atom is 0.141 e. The summed E-state index contributed by atoms with van der Waals surface area (Å²) >= 11 is 11.4. The summed E-state index contributed by atoms with van der Waals surface area (Å²) in [5.41, 5.74) is 6.49. The normalized spacial score (nSPS) is 20.2. The first-order chi connectivity index (χ1) is 16.9. The third-order valence-electron chi connectivity index (χ3n) is 6.68. The van der Waals surface area contributed by atoms with Gasteiger partial charge in [-0.15, -0.1) is 12.4 Å². The lowest BCUT2D eigenvalue weighted by Crippen LogP contribution is -2.39. The first-order valence-corrected chi connectivity index (χ1v) is 12.8. The number of rotatable bonds is 5. The van der Waals surface area contributed by atoms with E-state index in [2.05, 4.69) is 11.0 Å². The molecule has 0 atom stereocenters. The maximum atomic E-state index is 12.5. The van der Waals surface area contributed by atoms with Gasteiger partial charge in [0.1, 0.15) is 29.8 Å². The molecule has 2 aliphatic rings. The van der Waals surface area contributed by atoms with Crippen molar-refractivity contribution in [3.05, 3.63) is 63.4 Å². The Hall–Kier alpha value is -2.06. The van der Waals surface area contributed by atoms with Crippen molar-refractivity contribution in [1.29, 1.82) is 10.5 Å². The average Bonchev–Trinajstić information content (AvgIpc) is 2.87. The third-order valence-corrected chi connectivity index (χ3v) is 7.15. The molecule has 2 aromatic carbocycles. The van der Waals surface area contributed by atoms with E-state index >= 15 is 0 Å². The minimum atomic E-state index is -0.535. The van der Waals surface area contributed by atoms with Crippen LogP contribution in [0.4, 0.5) is 4.39 Å². The topological polar surface area (TPSA) is 86.1 Å². The highest BCUT2D eigenvalue weighted by Gasteiger charge is 2.23. The van der Waals surface area contributed by atoms with Crippen LogP contribution >= 0.6 is 35.6 Å². The van der Waals surface area contributed by atoms with Gasteiger partial charge in [-0.25, -0.2) is 4.39 Å². The van der Waals surface area contributed by atoms with Gasteiger partial charge in [0.15, 0.2) is 0 Å². The molecule has 2 N–H and O–H groups in total. The highest BCUT2D eigenvalue weighted by Crippen LogP contribution is 2.28. The Morgan fingerprint density at radius 3 is 2.08 bits per heavy atom. The zero-order chi connectivity index (χ0) is 25.2. The SMILES string of the molecule is Cl.N#Cc1cc(Cl)ccc1F.N#Cc1cc(Cl)ccc1OC1CCN(CCC2CCC(N)CC2)CC1. The van der Waals surface area contributed by atoms with Crippen molar-refractivity contribution in [2.75, 3.05) is 19.6 Å². The van der Waals surface area contributed by atoms with E-state index in [1.807, 2.05) is 0 Å². The first kappa shape index (κ1) is 30.2. The van der Waals surface area contributed by atoms with Crippen LogP contribution in [0, 0.1) is 34.4 Å². The zero-order valence-electron chi connectivity index (χ0n) is 20.1. The molecule has 5 nitrogen and oxygen atoms in total. The quantitative estimate of drug-likeness (QED) is 0.443. The van der Waals surface area contributed by atoms with Gasteiger partial charge in [-0.05, 0) is 93.8 Å². The summed E-state index contributed by atoms with van der Waals surface area (Å²) in [5, 5.41) is 18.5. The minimum Gasteiger partial charge on any atom is -0.489 e. The van der Waals surface area contributed by atoms with Gasteiger partial charge < -0.3 is 15.4 Å². The molecule has 1 heterocycles. The lowest BCUT2D eigenvalue weighted by molar-refractivity contribution is 0.0950. The third kappa shape index (κ3) is 9.43. The number of nitrogens with zero attached hydrogens (tertiary/aromatic N) is 3. The fraction of sp³-hybridized carbons (Fsp3) is 0.481. The van der Waals surface area contributed by atoms with Crippen LogP contribution in [0.1, 0.15) is 56.1 Å². The molecule has 0 spiro atoms. The molecule has 1 saturated heterocycles. The number of ether oxygens (including phenoxy) is 1. The highest BCUT2D eigenvalue weighted by atomic mass is 35.5. The Morgan fingerprint density at radius 1 is 0.917 bits per heavy atom. The van der Waals surface area contributed by atoms with E-state index in [0.29, 0.717) is 27.4 Å². The van der Waals surface area contributed by atoms with Crippen LogP contribution in [-0.4, -0.2) is 36.7 Å². The van der Waals surface area contributed by atoms with Crippen molar-refractivity contribution in [3.8, 4) is 17.9 Å². The summed E-state index contributed by atoms with van der Waals surface area (Å²) in [6.07, 6.45) is 8.52. The van der Waals surface area contributed by atoms with Crippen molar-refractivity contribution >= 4 is 35.6 Å². The second-order valence-electron chi connectivity index (χ2n) is 9.22. The summed E-state index contributed by atoms with van der Waals surface area (Å²) in [4.78, 5) is 2.56. The molecule has 0 unspecified atom stereocenters. The molecule has 36 heavy (non-hydrogen) atoms. The summed E-state index contributed by atoms with van der Waals surface area (Å²) in [6, 6.07) is 13.4. The average molecular weight is 554 g/mol. The lowest BCUT2D eigenvalue weighted by Gasteiger charge is -2.34. The molecule has 0 amide bonds. The Bertz CT molecular complexity index is 1060. The summed E-state index contributed by atoms with van der Waals surface area (Å²) < 4.78 is 18.6. The number of halogens is 4. The predicted molar refractivity (Wildman–Crippen MR) is 144 cm³/mol. The Morgan fingerprint density at radius 2 is 1.50 bits per heavy atom. The van der Waals surface area contributed by atoms with Crippen molar-refractivity contribution in [1.82, 2.24) is 4.90 Å². The van der Waals surface area contributed by atoms with E-state index in [9.17, 15) is 9.65 Å². The van der Waals surface area contributed by atoms with Gasteiger partial charge in [-0.3, -0.25) is 0 Å². The van der Waals surface area contributed by atoms with E-state index in [0.717, 1.165) is 31.8 Å². The van der Waals surface area contributed by atoms with E-state index < -0.39 is 5.82 Å². The van der Waals surface area contributed by atoms with Crippen molar-refractivity contribution in [3.63, 3.8) is 0 Å². The standard InChI is InChI=1S/C20H28ClN3O.C7H3ClFN.ClH/c21-17-3-6-20(16(13-17)14-22)25-19-8-11-24(12-9-19)10-7-15-1-4-18(23)5-2-15;8-6-1-2-7(9)5(3-6)4-10;/h3,6,13,15,18-19H,1-2,4-5,7-12,23H2;1-3H;1H. The van der Waals surface area contributed by atoms with Crippen molar-refractivity contribution in [2.24, 2.45) is 11.7 Å². The van der Waals surface area contributed by atoms with Gasteiger partial charge >= 0.3 is 0 Å². The monoisotopic (exact) mass is 552 g/mol. The number of likely N-dealkylation sites (tertiary alicyclic amines) is 1. The van der Waals surface area contributed by atoms with Crippen molar-refractivity contribution in [2.45, 2.75) is 57.1 Å². The zero-order valence-corrected chi connectivity index (χ0v) is 22.5. The Balaban J connectivity index is 0.000000350. The van der Waals surface area contributed by atoms with Gasteiger partial charge in [-0.2, -0.15) is 10.5 Å². The van der Waals surface area contributed by atoms with Crippen LogP contribution in [0.3, 0.4) is 0 Å². The van der Waals surface area contributed by atoms with Gasteiger partial charge in [0, 0.05) is 29.2 Å². The smallest absolute Gasteiger partial charge is 0.141 e. The Kier molecular flexibility index (Phi) is 12.8. The van der Waals surface area contributed by atoms with Crippen LogP contribution < -0.4 is 10.5 Å². The maximum absolute atomic E-state index is 12.5. The number of nitrogens with two attached hydrogens (primary N) is 1. The fourth-order valence-electron chi connectivity index (χ4n) is 4.55. The molecule has 1 aliphatic carbocycles. The number of hydrogen-bond donors (Lipinski definition) is 1. The van der Waals surface area contributed by atoms with Crippen LogP contribution in [-0.2, 0) is 0 Å². The lowest BCUT2D eigenvalue weighted by atomic mass is 9.84. The summed E-state index contributed by atoms with van der Waals surface area (Å²) in [5.74, 6) is 0.983. The van der Waals surface area contributed by atoms with Crippen LogP contribution in [0.15, 0.2) is 36.4 Å². The van der Waals surface area contributed by atoms with Crippen LogP contribution in [0.2, 0.25) is 10.0 Å². The van der Waals surface area contributed by atoms with Crippen molar-refractivity contribution < 1.29 is 9.13 Å². The highest BCUT2D eigenvalue weighted by molar-refractivity contribution is 6.31. The molecule has 0 aromatic heterocycles. The number of hydrogen-bond acceptors (Lipinski definition) is 5.